The summed E-state index contributed by atoms with van der Waals surface area (Å²) < 4.78 is 2.04. The van der Waals surface area contributed by atoms with Gasteiger partial charge in [0.2, 0.25) is 0 Å². The summed E-state index contributed by atoms with van der Waals surface area (Å²) in [5.41, 5.74) is 2.88. The highest BCUT2D eigenvalue weighted by atomic mass is 16.3. The molecule has 3 heterocycles. The van der Waals surface area contributed by atoms with Gasteiger partial charge in [0.15, 0.2) is 0 Å². The van der Waals surface area contributed by atoms with Gasteiger partial charge in [0.25, 0.3) is 0 Å². The molecule has 0 radical (unpaired) electrons. The molecule has 3 rings (SSSR count). The highest BCUT2D eigenvalue weighted by molar-refractivity contribution is 5.65. The summed E-state index contributed by atoms with van der Waals surface area (Å²) in [5.74, 6) is 0.692. The molecule has 0 spiro atoms. The summed E-state index contributed by atoms with van der Waals surface area (Å²) in [4.78, 5) is 4.69. The van der Waals surface area contributed by atoms with Crippen molar-refractivity contribution in [3.05, 3.63) is 41.7 Å². The molecule has 2 aromatic heterocycles. The summed E-state index contributed by atoms with van der Waals surface area (Å²) in [7, 11) is 2.14. The van der Waals surface area contributed by atoms with E-state index in [0.29, 0.717) is 5.92 Å². The fraction of sp³-hybridized carbons (Fsp3) is 0.550. The molecular formula is C20H28N4O. The Kier molecular flexibility index (Phi) is 5.74. The van der Waals surface area contributed by atoms with Crippen LogP contribution in [0.5, 0.6) is 0 Å². The first kappa shape index (κ1) is 17.9. The Morgan fingerprint density at radius 3 is 2.80 bits per heavy atom. The van der Waals surface area contributed by atoms with Crippen molar-refractivity contribution in [1.82, 2.24) is 14.2 Å². The van der Waals surface area contributed by atoms with Gasteiger partial charge in [-0.15, -0.1) is 0 Å². The van der Waals surface area contributed by atoms with Crippen molar-refractivity contribution in [2.24, 2.45) is 5.92 Å². The van der Waals surface area contributed by atoms with Gasteiger partial charge in [-0.1, -0.05) is 6.07 Å². The zero-order valence-corrected chi connectivity index (χ0v) is 15.2. The van der Waals surface area contributed by atoms with Crippen molar-refractivity contribution in [2.75, 3.05) is 33.2 Å². The molecule has 5 nitrogen and oxygen atoms in total. The number of pyridine rings is 1. The topological polar surface area (TPSA) is 54.9 Å². The fourth-order valence-corrected chi connectivity index (χ4v) is 3.95. The second-order valence-electron chi connectivity index (χ2n) is 7.42. The van der Waals surface area contributed by atoms with E-state index in [4.69, 9.17) is 0 Å². The van der Waals surface area contributed by atoms with Crippen LogP contribution in [0, 0.1) is 17.2 Å². The van der Waals surface area contributed by atoms with Crippen LogP contribution in [0.3, 0.4) is 0 Å². The number of nitrogens with zero attached hydrogens (tertiary/aromatic N) is 4. The second-order valence-corrected chi connectivity index (χ2v) is 7.42. The Labute approximate surface area is 150 Å². The van der Waals surface area contributed by atoms with Crippen LogP contribution in [0.1, 0.15) is 30.9 Å². The molecule has 1 saturated heterocycles. The highest BCUT2D eigenvalue weighted by Gasteiger charge is 2.21. The minimum atomic E-state index is -0.243. The molecule has 0 unspecified atom stereocenters. The predicted octanol–water partition coefficient (Wildman–Crippen LogP) is 2.34. The number of nitriles is 1. The molecule has 134 valence electrons. The first-order valence-electron chi connectivity index (χ1n) is 9.14. The zero-order valence-electron chi connectivity index (χ0n) is 15.2. The van der Waals surface area contributed by atoms with Crippen LogP contribution < -0.4 is 0 Å². The summed E-state index contributed by atoms with van der Waals surface area (Å²) >= 11 is 0. The lowest BCUT2D eigenvalue weighted by molar-refractivity contribution is 0.0919. The molecule has 0 aromatic carbocycles. The van der Waals surface area contributed by atoms with Gasteiger partial charge in [-0.3, -0.25) is 0 Å². The van der Waals surface area contributed by atoms with Gasteiger partial charge >= 0.3 is 0 Å². The summed E-state index contributed by atoms with van der Waals surface area (Å²) in [6.07, 6.45) is 6.19. The lowest BCUT2D eigenvalue weighted by Crippen LogP contribution is -2.40. The monoisotopic (exact) mass is 340 g/mol. The van der Waals surface area contributed by atoms with E-state index in [1.807, 2.05) is 35.7 Å². The number of fused-ring (bicyclic) bond motifs is 1. The van der Waals surface area contributed by atoms with E-state index >= 15 is 0 Å². The van der Waals surface area contributed by atoms with E-state index in [-0.39, 0.29) is 6.10 Å². The Hall–Kier alpha value is -1.87. The number of aromatic nitrogens is 1. The van der Waals surface area contributed by atoms with Gasteiger partial charge in [0.05, 0.1) is 17.2 Å². The lowest BCUT2D eigenvalue weighted by Gasteiger charge is -2.34. The number of aliphatic hydroxyl groups is 1. The maximum Gasteiger partial charge on any atom is 0.102 e. The minimum absolute atomic E-state index is 0.243. The molecule has 25 heavy (non-hydrogen) atoms. The van der Waals surface area contributed by atoms with Gasteiger partial charge in [-0.05, 0) is 58.0 Å². The van der Waals surface area contributed by atoms with E-state index in [9.17, 15) is 10.4 Å². The third-order valence-electron chi connectivity index (χ3n) is 5.11. The van der Waals surface area contributed by atoms with Gasteiger partial charge in [0.1, 0.15) is 6.07 Å². The van der Waals surface area contributed by atoms with Crippen LogP contribution in [0.15, 0.2) is 30.6 Å². The molecule has 1 aliphatic rings. The average Bonchev–Trinajstić information content (AvgIpc) is 2.93. The van der Waals surface area contributed by atoms with Crippen LogP contribution >= 0.6 is 0 Å². The van der Waals surface area contributed by atoms with Gasteiger partial charge in [0, 0.05) is 37.6 Å². The number of hydrogen-bond acceptors (Lipinski definition) is 4. The molecule has 1 fully saturated rings. The number of aliphatic hydroxyl groups excluding tert-OH is 1. The minimum Gasteiger partial charge on any atom is -0.392 e. The normalized spacial score (nSPS) is 17.9. The van der Waals surface area contributed by atoms with Crippen molar-refractivity contribution >= 4 is 5.52 Å². The van der Waals surface area contributed by atoms with Crippen molar-refractivity contribution in [3.8, 4) is 6.07 Å². The molecular weight excluding hydrogens is 312 g/mol. The Balaban J connectivity index is 1.57. The maximum atomic E-state index is 9.53. The quantitative estimate of drug-likeness (QED) is 0.877. The van der Waals surface area contributed by atoms with E-state index in [0.717, 1.165) is 49.4 Å². The number of hydrogen-bond donors (Lipinski definition) is 1. The average molecular weight is 340 g/mol. The van der Waals surface area contributed by atoms with E-state index < -0.39 is 0 Å². The molecule has 5 heteroatoms. The van der Waals surface area contributed by atoms with E-state index in [1.165, 1.54) is 12.8 Å². The first-order valence-corrected chi connectivity index (χ1v) is 9.14. The Morgan fingerprint density at radius 1 is 1.36 bits per heavy atom. The van der Waals surface area contributed by atoms with Gasteiger partial charge in [-0.25, -0.2) is 0 Å². The number of rotatable bonds is 6. The third kappa shape index (κ3) is 4.40. The molecule has 1 N–H and O–H groups in total. The van der Waals surface area contributed by atoms with Gasteiger partial charge < -0.3 is 19.3 Å². The van der Waals surface area contributed by atoms with E-state index in [2.05, 4.69) is 29.1 Å². The molecule has 0 aliphatic carbocycles. The molecule has 1 atom stereocenters. The van der Waals surface area contributed by atoms with Crippen LogP contribution in [0.2, 0.25) is 0 Å². The van der Waals surface area contributed by atoms with Crippen molar-refractivity contribution < 1.29 is 5.11 Å². The Bertz CT molecular complexity index is 738. The molecule has 0 amide bonds. The standard InChI is InChI=1S/C20H28N4O/c1-16(25)12-23-9-6-17(7-10-23)13-22(2)14-18-15-24-8-4-3-5-20(24)19(18)11-21/h3-5,8,15-17,25H,6-7,9-10,12-14H2,1-2H3/t16-/m1/s1. The van der Waals surface area contributed by atoms with Crippen LogP contribution in [-0.4, -0.2) is 58.6 Å². The SMILES string of the molecule is C[C@@H](O)CN1CCC(CN(C)Cc2cn3ccccc3c2C#N)CC1. The van der Waals surface area contributed by atoms with Crippen molar-refractivity contribution in [2.45, 2.75) is 32.4 Å². The number of piperidine rings is 1. The Morgan fingerprint density at radius 2 is 2.12 bits per heavy atom. The largest absolute Gasteiger partial charge is 0.392 e. The highest BCUT2D eigenvalue weighted by Crippen LogP contribution is 2.22. The fourth-order valence-electron chi connectivity index (χ4n) is 3.95. The number of β-amino-alcohol motifs (C(OH)–C–C–N with tert-alkyl or cyclic N) is 1. The summed E-state index contributed by atoms with van der Waals surface area (Å²) in [6, 6.07) is 8.34. The summed E-state index contributed by atoms with van der Waals surface area (Å²) in [5, 5.41) is 19.0. The van der Waals surface area contributed by atoms with Crippen LogP contribution in [-0.2, 0) is 6.54 Å². The van der Waals surface area contributed by atoms with E-state index in [1.54, 1.807) is 0 Å². The second kappa shape index (κ2) is 8.01. The lowest BCUT2D eigenvalue weighted by atomic mass is 9.96. The smallest absolute Gasteiger partial charge is 0.102 e. The maximum absolute atomic E-state index is 9.53. The zero-order chi connectivity index (χ0) is 17.8. The molecule has 0 bridgehead atoms. The van der Waals surface area contributed by atoms with Crippen LogP contribution in [0.25, 0.3) is 5.52 Å². The van der Waals surface area contributed by atoms with Crippen LogP contribution in [0.4, 0.5) is 0 Å². The predicted molar refractivity (Wildman–Crippen MR) is 99.3 cm³/mol. The number of likely N-dealkylation sites (tertiary alicyclic amines) is 1. The molecule has 2 aromatic rings. The third-order valence-corrected chi connectivity index (χ3v) is 5.11. The summed E-state index contributed by atoms with van der Waals surface area (Å²) in [6.45, 7) is 6.64. The van der Waals surface area contributed by atoms with Crippen molar-refractivity contribution in [3.63, 3.8) is 0 Å². The first-order chi connectivity index (χ1) is 12.1. The molecule has 1 aliphatic heterocycles. The van der Waals surface area contributed by atoms with Crippen molar-refractivity contribution in [1.29, 1.82) is 5.26 Å². The molecule has 0 saturated carbocycles. The van der Waals surface area contributed by atoms with Gasteiger partial charge in [-0.2, -0.15) is 5.26 Å².